The van der Waals surface area contributed by atoms with Crippen LogP contribution in [0.4, 0.5) is 0 Å². The number of methoxy groups -OCH3 is 2. The molecule has 37 heavy (non-hydrogen) atoms. The van der Waals surface area contributed by atoms with Crippen LogP contribution in [0.3, 0.4) is 0 Å². The van der Waals surface area contributed by atoms with E-state index in [1.165, 1.54) is 4.90 Å². The average molecular weight is 510 g/mol. The predicted octanol–water partition coefficient (Wildman–Crippen LogP) is 4.73. The zero-order chi connectivity index (χ0) is 26.5. The van der Waals surface area contributed by atoms with Gasteiger partial charge in [0.25, 0.3) is 11.7 Å². The average Bonchev–Trinajstić information content (AvgIpc) is 3.50. The van der Waals surface area contributed by atoms with Crippen molar-refractivity contribution < 1.29 is 33.6 Å². The highest BCUT2D eigenvalue weighted by Gasteiger charge is 2.47. The van der Waals surface area contributed by atoms with Crippen molar-refractivity contribution in [2.24, 2.45) is 5.92 Å². The van der Waals surface area contributed by atoms with Crippen LogP contribution in [0.15, 0.2) is 48.0 Å². The molecule has 2 aromatic rings. The van der Waals surface area contributed by atoms with E-state index in [1.807, 2.05) is 6.07 Å². The SMILES string of the molecule is COc1ccc(/C(O)=C2\C(=O)C(=O)N(CC3CCCO3)C2c2ccc(OCCC(C)C)c(OC)c2)cc1. The molecule has 0 spiro atoms. The molecule has 2 aliphatic rings. The van der Waals surface area contributed by atoms with Gasteiger partial charge < -0.3 is 29.0 Å². The van der Waals surface area contributed by atoms with Crippen molar-refractivity contribution in [1.82, 2.24) is 4.90 Å². The second-order valence-corrected chi connectivity index (χ2v) is 9.76. The summed E-state index contributed by atoms with van der Waals surface area (Å²) >= 11 is 0. The number of benzene rings is 2. The van der Waals surface area contributed by atoms with Gasteiger partial charge in [0.15, 0.2) is 11.5 Å². The summed E-state index contributed by atoms with van der Waals surface area (Å²) in [5.41, 5.74) is 1.09. The molecule has 2 saturated heterocycles. The van der Waals surface area contributed by atoms with Gasteiger partial charge in [-0.2, -0.15) is 0 Å². The molecule has 0 aliphatic carbocycles. The van der Waals surface area contributed by atoms with Crippen LogP contribution >= 0.6 is 0 Å². The van der Waals surface area contributed by atoms with Gasteiger partial charge in [-0.1, -0.05) is 19.9 Å². The van der Waals surface area contributed by atoms with Gasteiger partial charge in [0, 0.05) is 18.7 Å². The van der Waals surface area contributed by atoms with Crippen molar-refractivity contribution in [2.75, 3.05) is 34.0 Å². The van der Waals surface area contributed by atoms with Gasteiger partial charge in [-0.25, -0.2) is 0 Å². The van der Waals surface area contributed by atoms with Crippen LogP contribution in [0.2, 0.25) is 0 Å². The molecule has 0 saturated carbocycles. The summed E-state index contributed by atoms with van der Waals surface area (Å²) < 4.78 is 22.5. The number of likely N-dealkylation sites (tertiary alicyclic amines) is 1. The van der Waals surface area contributed by atoms with Crippen molar-refractivity contribution in [2.45, 2.75) is 45.3 Å². The van der Waals surface area contributed by atoms with Gasteiger partial charge in [0.05, 0.1) is 38.5 Å². The fourth-order valence-corrected chi connectivity index (χ4v) is 4.71. The van der Waals surface area contributed by atoms with Gasteiger partial charge in [-0.15, -0.1) is 0 Å². The van der Waals surface area contributed by atoms with E-state index >= 15 is 0 Å². The minimum Gasteiger partial charge on any atom is -0.507 e. The van der Waals surface area contributed by atoms with E-state index in [2.05, 4.69) is 13.8 Å². The van der Waals surface area contributed by atoms with E-state index in [-0.39, 0.29) is 24.0 Å². The largest absolute Gasteiger partial charge is 0.507 e. The first-order chi connectivity index (χ1) is 17.8. The van der Waals surface area contributed by atoms with Crippen LogP contribution < -0.4 is 14.2 Å². The Kier molecular flexibility index (Phi) is 8.38. The molecule has 1 N–H and O–H groups in total. The molecular weight excluding hydrogens is 474 g/mol. The Hall–Kier alpha value is -3.52. The summed E-state index contributed by atoms with van der Waals surface area (Å²) in [6.45, 7) is 5.68. The quantitative estimate of drug-likeness (QED) is 0.281. The van der Waals surface area contributed by atoms with Gasteiger partial charge >= 0.3 is 0 Å². The summed E-state index contributed by atoms with van der Waals surface area (Å²) in [5, 5.41) is 11.3. The van der Waals surface area contributed by atoms with Gasteiger partial charge in [0.1, 0.15) is 11.5 Å². The van der Waals surface area contributed by atoms with E-state index in [0.29, 0.717) is 47.5 Å². The number of amides is 1. The lowest BCUT2D eigenvalue weighted by Gasteiger charge is -2.28. The molecule has 4 rings (SSSR count). The summed E-state index contributed by atoms with van der Waals surface area (Å²) in [5.74, 6) is 0.563. The maximum absolute atomic E-state index is 13.3. The molecule has 2 heterocycles. The number of Topliss-reactive ketones (excluding diaryl/α,β-unsaturated/α-hetero) is 1. The molecule has 0 radical (unpaired) electrons. The second kappa shape index (κ2) is 11.7. The minimum atomic E-state index is -0.801. The maximum Gasteiger partial charge on any atom is 0.295 e. The standard InChI is InChI=1S/C29H35NO7/c1-18(2)13-15-37-23-12-9-20(16-24(23)35-4)26-25(27(31)19-7-10-21(34-3)11-8-19)28(32)29(33)30(26)17-22-6-5-14-36-22/h7-12,16,18,22,26,31H,5-6,13-15,17H2,1-4H3/b27-25+. The van der Waals surface area contributed by atoms with E-state index in [9.17, 15) is 14.7 Å². The number of carbonyl (C=O) groups is 2. The third kappa shape index (κ3) is 5.74. The number of hydrogen-bond donors (Lipinski definition) is 1. The Balaban J connectivity index is 1.76. The number of nitrogens with zero attached hydrogens (tertiary/aromatic N) is 1. The van der Waals surface area contributed by atoms with Crippen molar-refractivity contribution >= 4 is 17.4 Å². The minimum absolute atomic E-state index is 0.0312. The first-order valence-corrected chi connectivity index (χ1v) is 12.7. The van der Waals surface area contributed by atoms with Crippen LogP contribution in [-0.2, 0) is 14.3 Å². The van der Waals surface area contributed by atoms with E-state index in [0.717, 1.165) is 19.3 Å². The summed E-state index contributed by atoms with van der Waals surface area (Å²) in [4.78, 5) is 28.1. The Bertz CT molecular complexity index is 1150. The number of ketones is 1. The number of ether oxygens (including phenoxy) is 4. The second-order valence-electron chi connectivity index (χ2n) is 9.76. The van der Waals surface area contributed by atoms with E-state index < -0.39 is 17.7 Å². The molecule has 8 nitrogen and oxygen atoms in total. The van der Waals surface area contributed by atoms with Crippen LogP contribution in [0.25, 0.3) is 5.76 Å². The highest BCUT2D eigenvalue weighted by atomic mass is 16.5. The molecule has 1 amide bonds. The summed E-state index contributed by atoms with van der Waals surface area (Å²) in [6.07, 6.45) is 2.44. The molecule has 2 aliphatic heterocycles. The Labute approximate surface area is 217 Å². The van der Waals surface area contributed by atoms with Crippen molar-refractivity contribution in [3.63, 3.8) is 0 Å². The first-order valence-electron chi connectivity index (χ1n) is 12.7. The molecule has 0 bridgehead atoms. The molecule has 0 aromatic heterocycles. The van der Waals surface area contributed by atoms with Crippen molar-refractivity contribution in [3.05, 3.63) is 59.2 Å². The number of carbonyl (C=O) groups excluding carboxylic acids is 2. The lowest BCUT2D eigenvalue weighted by Crippen LogP contribution is -2.36. The lowest BCUT2D eigenvalue weighted by atomic mass is 9.94. The molecule has 2 fully saturated rings. The molecular formula is C29H35NO7. The lowest BCUT2D eigenvalue weighted by molar-refractivity contribution is -0.140. The van der Waals surface area contributed by atoms with Crippen LogP contribution in [0.1, 0.15) is 50.3 Å². The Morgan fingerprint density at radius 1 is 1.08 bits per heavy atom. The van der Waals surface area contributed by atoms with E-state index in [1.54, 1.807) is 50.6 Å². The van der Waals surface area contributed by atoms with Gasteiger partial charge in [-0.05, 0) is 67.1 Å². The van der Waals surface area contributed by atoms with E-state index in [4.69, 9.17) is 18.9 Å². The van der Waals surface area contributed by atoms with Gasteiger partial charge in [-0.3, -0.25) is 9.59 Å². The highest BCUT2D eigenvalue weighted by molar-refractivity contribution is 6.46. The number of rotatable bonds is 10. The zero-order valence-electron chi connectivity index (χ0n) is 21.9. The fraction of sp³-hybridized carbons (Fsp3) is 0.448. The number of hydrogen-bond acceptors (Lipinski definition) is 7. The normalized spacial score (nSPS) is 21.1. The third-order valence-electron chi connectivity index (χ3n) is 6.78. The smallest absolute Gasteiger partial charge is 0.295 e. The Morgan fingerprint density at radius 2 is 1.84 bits per heavy atom. The third-order valence-corrected chi connectivity index (χ3v) is 6.78. The number of aliphatic hydroxyl groups excluding tert-OH is 1. The highest BCUT2D eigenvalue weighted by Crippen LogP contribution is 2.42. The van der Waals surface area contributed by atoms with Crippen molar-refractivity contribution in [1.29, 1.82) is 0 Å². The molecule has 2 unspecified atom stereocenters. The topological polar surface area (TPSA) is 94.5 Å². The predicted molar refractivity (Wildman–Crippen MR) is 139 cm³/mol. The zero-order valence-corrected chi connectivity index (χ0v) is 21.9. The van der Waals surface area contributed by atoms with Crippen LogP contribution in [0.5, 0.6) is 17.2 Å². The van der Waals surface area contributed by atoms with Crippen molar-refractivity contribution in [3.8, 4) is 17.2 Å². The Morgan fingerprint density at radius 3 is 2.46 bits per heavy atom. The summed E-state index contributed by atoms with van der Waals surface area (Å²) in [7, 11) is 3.10. The molecule has 8 heteroatoms. The molecule has 2 atom stereocenters. The number of aliphatic hydroxyl groups is 1. The van der Waals surface area contributed by atoms with Crippen LogP contribution in [-0.4, -0.2) is 61.8 Å². The fourth-order valence-electron chi connectivity index (χ4n) is 4.71. The molecule has 2 aromatic carbocycles. The maximum atomic E-state index is 13.3. The monoisotopic (exact) mass is 509 g/mol. The molecule has 198 valence electrons. The van der Waals surface area contributed by atoms with Crippen LogP contribution in [0, 0.1) is 5.92 Å². The summed E-state index contributed by atoms with van der Waals surface area (Å²) in [6, 6.07) is 11.3. The first kappa shape index (κ1) is 26.5. The van der Waals surface area contributed by atoms with Gasteiger partial charge in [0.2, 0.25) is 0 Å².